The molecule has 0 aliphatic carbocycles. The minimum atomic E-state index is 0.194. The summed E-state index contributed by atoms with van der Waals surface area (Å²) >= 11 is 2.06. The molecule has 1 aliphatic heterocycles. The topological polar surface area (TPSA) is 41.5 Å². The lowest BCUT2D eigenvalue weighted by atomic mass is 10.1. The highest BCUT2D eigenvalue weighted by atomic mass is 32.2. The van der Waals surface area contributed by atoms with Crippen molar-refractivity contribution < 1.29 is 9.84 Å². The molecular weight excluding hydrogens is 246 g/mol. The maximum absolute atomic E-state index is 9.57. The molecule has 1 fully saturated rings. The van der Waals surface area contributed by atoms with Gasteiger partial charge in [0.15, 0.2) is 11.5 Å². The predicted molar refractivity (Wildman–Crippen MR) is 76.6 cm³/mol. The second-order valence-corrected chi connectivity index (χ2v) is 6.10. The van der Waals surface area contributed by atoms with Gasteiger partial charge in [-0.1, -0.05) is 6.07 Å². The highest BCUT2D eigenvalue weighted by Crippen LogP contribution is 2.29. The van der Waals surface area contributed by atoms with Crippen LogP contribution in [0.15, 0.2) is 18.2 Å². The first kappa shape index (κ1) is 13.6. The summed E-state index contributed by atoms with van der Waals surface area (Å²) in [7, 11) is 1.58. The zero-order chi connectivity index (χ0) is 13.0. The molecule has 0 amide bonds. The number of aromatic hydroxyl groups is 1. The van der Waals surface area contributed by atoms with Crippen molar-refractivity contribution >= 4 is 11.8 Å². The first-order chi connectivity index (χ1) is 8.70. The fourth-order valence-corrected chi connectivity index (χ4v) is 3.41. The highest BCUT2D eigenvalue weighted by Gasteiger charge is 2.16. The molecule has 0 saturated carbocycles. The molecule has 18 heavy (non-hydrogen) atoms. The summed E-state index contributed by atoms with van der Waals surface area (Å²) in [5, 5.41) is 13.9. The van der Waals surface area contributed by atoms with Gasteiger partial charge in [-0.3, -0.25) is 0 Å². The van der Waals surface area contributed by atoms with Gasteiger partial charge >= 0.3 is 0 Å². The van der Waals surface area contributed by atoms with Crippen LogP contribution >= 0.6 is 11.8 Å². The van der Waals surface area contributed by atoms with Crippen molar-refractivity contribution in [2.75, 3.05) is 19.4 Å². The summed E-state index contributed by atoms with van der Waals surface area (Å²) in [4.78, 5) is 0. The van der Waals surface area contributed by atoms with Gasteiger partial charge in [-0.25, -0.2) is 0 Å². The molecule has 2 atom stereocenters. The third-order valence-electron chi connectivity index (χ3n) is 3.38. The molecule has 4 heteroatoms. The van der Waals surface area contributed by atoms with Gasteiger partial charge in [-0.15, -0.1) is 0 Å². The monoisotopic (exact) mass is 267 g/mol. The molecule has 0 radical (unpaired) electrons. The Morgan fingerprint density at radius 3 is 3.06 bits per heavy atom. The molecule has 2 unspecified atom stereocenters. The first-order valence-corrected chi connectivity index (χ1v) is 7.47. The van der Waals surface area contributed by atoms with E-state index in [1.54, 1.807) is 13.2 Å². The maximum Gasteiger partial charge on any atom is 0.160 e. The van der Waals surface area contributed by atoms with Crippen molar-refractivity contribution in [2.45, 2.75) is 31.1 Å². The number of methoxy groups -OCH3 is 1. The number of phenols is 1. The van der Waals surface area contributed by atoms with E-state index >= 15 is 0 Å². The average Bonchev–Trinajstić information content (AvgIpc) is 2.89. The lowest BCUT2D eigenvalue weighted by Gasteiger charge is -2.18. The van der Waals surface area contributed by atoms with Crippen molar-refractivity contribution in [1.29, 1.82) is 0 Å². The minimum Gasteiger partial charge on any atom is -0.504 e. The molecule has 3 nitrogen and oxygen atoms in total. The van der Waals surface area contributed by atoms with Gasteiger partial charge in [0.1, 0.15) is 0 Å². The van der Waals surface area contributed by atoms with Crippen molar-refractivity contribution in [3.05, 3.63) is 23.8 Å². The van der Waals surface area contributed by atoms with E-state index in [2.05, 4.69) is 24.0 Å². The zero-order valence-electron chi connectivity index (χ0n) is 11.0. The fraction of sp³-hybridized carbons (Fsp3) is 0.571. The minimum absolute atomic E-state index is 0.194. The van der Waals surface area contributed by atoms with Crippen LogP contribution in [0.25, 0.3) is 0 Å². The molecule has 2 rings (SSSR count). The molecule has 0 spiro atoms. The lowest BCUT2D eigenvalue weighted by molar-refractivity contribution is 0.372. The van der Waals surface area contributed by atoms with Crippen molar-refractivity contribution in [2.24, 2.45) is 0 Å². The number of hydrogen-bond donors (Lipinski definition) is 2. The summed E-state index contributed by atoms with van der Waals surface area (Å²) < 4.78 is 5.13. The molecule has 0 bridgehead atoms. The van der Waals surface area contributed by atoms with Gasteiger partial charge < -0.3 is 15.2 Å². The van der Waals surface area contributed by atoms with E-state index in [4.69, 9.17) is 4.74 Å². The molecule has 1 saturated heterocycles. The molecule has 2 N–H and O–H groups in total. The molecule has 100 valence electrons. The number of rotatable bonds is 5. The van der Waals surface area contributed by atoms with E-state index in [0.717, 1.165) is 17.4 Å². The smallest absolute Gasteiger partial charge is 0.160 e. The van der Waals surface area contributed by atoms with Crippen LogP contribution in [0.3, 0.4) is 0 Å². The first-order valence-electron chi connectivity index (χ1n) is 6.42. The second kappa shape index (κ2) is 6.34. The average molecular weight is 267 g/mol. The maximum atomic E-state index is 9.57. The number of ether oxygens (including phenoxy) is 1. The Morgan fingerprint density at radius 2 is 2.39 bits per heavy atom. The van der Waals surface area contributed by atoms with Crippen LogP contribution in [-0.2, 0) is 0 Å². The normalized spacial score (nSPS) is 20.9. The Bertz CT molecular complexity index is 391. The van der Waals surface area contributed by atoms with Crippen LogP contribution in [0.1, 0.15) is 31.4 Å². The van der Waals surface area contributed by atoms with Crippen LogP contribution < -0.4 is 10.1 Å². The van der Waals surface area contributed by atoms with E-state index < -0.39 is 0 Å². The summed E-state index contributed by atoms with van der Waals surface area (Å²) in [5.41, 5.74) is 1.15. The van der Waals surface area contributed by atoms with Gasteiger partial charge in [-0.2, -0.15) is 11.8 Å². The number of hydrogen-bond acceptors (Lipinski definition) is 4. The number of phenolic OH excluding ortho intramolecular Hbond substituents is 1. The van der Waals surface area contributed by atoms with E-state index in [0.29, 0.717) is 5.75 Å². The van der Waals surface area contributed by atoms with Crippen LogP contribution in [-0.4, -0.2) is 29.8 Å². The Balaban J connectivity index is 1.93. The fourth-order valence-electron chi connectivity index (χ4n) is 2.19. The SMILES string of the molecule is COc1cc(C(C)NCC2CCCS2)ccc1O. The van der Waals surface area contributed by atoms with E-state index in [1.165, 1.54) is 18.6 Å². The number of nitrogens with one attached hydrogen (secondary N) is 1. The predicted octanol–water partition coefficient (Wildman–Crippen LogP) is 2.95. The van der Waals surface area contributed by atoms with Crippen molar-refractivity contribution in [1.82, 2.24) is 5.32 Å². The quantitative estimate of drug-likeness (QED) is 0.860. The molecule has 1 aromatic rings. The van der Waals surface area contributed by atoms with E-state index in [-0.39, 0.29) is 11.8 Å². The lowest BCUT2D eigenvalue weighted by Crippen LogP contribution is -2.26. The summed E-state index contributed by atoms with van der Waals surface area (Å²) in [6, 6.07) is 5.81. The van der Waals surface area contributed by atoms with E-state index in [9.17, 15) is 5.11 Å². The van der Waals surface area contributed by atoms with Crippen molar-refractivity contribution in [3.8, 4) is 11.5 Å². The van der Waals surface area contributed by atoms with Gasteiger partial charge in [0.2, 0.25) is 0 Å². The van der Waals surface area contributed by atoms with Crippen LogP contribution in [0, 0.1) is 0 Å². The Morgan fingerprint density at radius 1 is 1.56 bits per heavy atom. The standard InChI is InChI=1S/C14H21NO2S/c1-10(15-9-12-4-3-7-18-12)11-5-6-13(16)14(8-11)17-2/h5-6,8,10,12,15-16H,3-4,7,9H2,1-2H3. The Kier molecular flexibility index (Phi) is 4.78. The van der Waals surface area contributed by atoms with Gasteiger partial charge in [0.05, 0.1) is 7.11 Å². The largest absolute Gasteiger partial charge is 0.504 e. The van der Waals surface area contributed by atoms with Gasteiger partial charge in [-0.05, 0) is 43.2 Å². The Hall–Kier alpha value is -0.870. The highest BCUT2D eigenvalue weighted by molar-refractivity contribution is 8.00. The summed E-state index contributed by atoms with van der Waals surface area (Å²) in [6.07, 6.45) is 2.67. The summed E-state index contributed by atoms with van der Waals surface area (Å²) in [6.45, 7) is 3.19. The van der Waals surface area contributed by atoms with Crippen molar-refractivity contribution in [3.63, 3.8) is 0 Å². The van der Waals surface area contributed by atoms with Gasteiger partial charge in [0.25, 0.3) is 0 Å². The number of thioether (sulfide) groups is 1. The molecule has 0 aromatic heterocycles. The third-order valence-corrected chi connectivity index (χ3v) is 4.78. The molecule has 1 heterocycles. The molecule has 1 aliphatic rings. The molecule has 1 aromatic carbocycles. The van der Waals surface area contributed by atoms with Crippen LogP contribution in [0.4, 0.5) is 0 Å². The van der Waals surface area contributed by atoms with Crippen LogP contribution in [0.2, 0.25) is 0 Å². The third kappa shape index (κ3) is 3.33. The van der Waals surface area contributed by atoms with Gasteiger partial charge in [0, 0.05) is 17.8 Å². The van der Waals surface area contributed by atoms with E-state index in [1.807, 2.05) is 12.1 Å². The second-order valence-electron chi connectivity index (χ2n) is 4.70. The molecular formula is C14H21NO2S. The summed E-state index contributed by atoms with van der Waals surface area (Å²) in [5.74, 6) is 2.03. The Labute approximate surface area is 113 Å². The van der Waals surface area contributed by atoms with Crippen LogP contribution in [0.5, 0.6) is 11.5 Å². The number of benzene rings is 1. The zero-order valence-corrected chi connectivity index (χ0v) is 11.8.